The summed E-state index contributed by atoms with van der Waals surface area (Å²) in [6.07, 6.45) is 2.08. The number of anilines is 1. The topological polar surface area (TPSA) is 84.0 Å². The number of carbonyl (C=O) groups is 2. The van der Waals surface area contributed by atoms with Crippen LogP contribution < -0.4 is 10.1 Å². The van der Waals surface area contributed by atoms with Gasteiger partial charge < -0.3 is 19.7 Å². The Hall–Kier alpha value is -2.49. The van der Waals surface area contributed by atoms with Crippen LogP contribution in [0, 0.1) is 5.92 Å². The van der Waals surface area contributed by atoms with Crippen LogP contribution in [0.25, 0.3) is 0 Å². The zero-order valence-corrected chi connectivity index (χ0v) is 20.9. The number of carbonyl (C=O) groups excluding carboxylic acids is 2. The molecule has 0 unspecified atom stereocenters. The van der Waals surface area contributed by atoms with Gasteiger partial charge in [0.25, 0.3) is 5.91 Å². The number of benzene rings is 1. The lowest BCUT2D eigenvalue weighted by Gasteiger charge is -2.35. The van der Waals surface area contributed by atoms with E-state index >= 15 is 0 Å². The Morgan fingerprint density at radius 1 is 1.33 bits per heavy atom. The molecule has 3 rings (SSSR count). The third-order valence-corrected chi connectivity index (χ3v) is 6.77. The molecule has 0 fully saturated rings. The van der Waals surface area contributed by atoms with E-state index in [9.17, 15) is 9.59 Å². The molecule has 3 atom stereocenters. The highest BCUT2D eigenvalue weighted by atomic mass is 32.1. The van der Waals surface area contributed by atoms with E-state index in [2.05, 4.69) is 29.0 Å². The first-order valence-corrected chi connectivity index (χ1v) is 12.2. The predicted molar refractivity (Wildman–Crippen MR) is 130 cm³/mol. The number of aromatic nitrogens is 1. The van der Waals surface area contributed by atoms with Crippen LogP contribution in [0.4, 0.5) is 5.69 Å². The van der Waals surface area contributed by atoms with Gasteiger partial charge in [0.2, 0.25) is 5.91 Å². The van der Waals surface area contributed by atoms with Gasteiger partial charge in [0.15, 0.2) is 0 Å². The van der Waals surface area contributed by atoms with Crippen molar-refractivity contribution in [1.29, 1.82) is 0 Å². The van der Waals surface area contributed by atoms with Crippen LogP contribution in [0.5, 0.6) is 5.75 Å². The summed E-state index contributed by atoms with van der Waals surface area (Å²) in [4.78, 5) is 33.6. The normalized spacial score (nSPS) is 22.6. The van der Waals surface area contributed by atoms with Crippen molar-refractivity contribution in [2.75, 3.05) is 39.2 Å². The van der Waals surface area contributed by atoms with E-state index in [4.69, 9.17) is 9.47 Å². The Labute approximate surface area is 199 Å². The molecular weight excluding hydrogens is 440 g/mol. The second-order valence-corrected chi connectivity index (χ2v) is 9.54. The summed E-state index contributed by atoms with van der Waals surface area (Å²) in [5, 5.41) is 5.88. The van der Waals surface area contributed by atoms with Crippen LogP contribution in [0.2, 0.25) is 0 Å². The van der Waals surface area contributed by atoms with Crippen molar-refractivity contribution >= 4 is 28.8 Å². The highest BCUT2D eigenvalue weighted by Gasteiger charge is 2.28. The molecule has 1 aromatic carbocycles. The van der Waals surface area contributed by atoms with Gasteiger partial charge in [-0.15, -0.1) is 11.3 Å². The largest absolute Gasteiger partial charge is 0.491 e. The molecule has 1 N–H and O–H groups in total. The smallest absolute Gasteiger partial charge is 0.257 e. The Morgan fingerprint density at radius 2 is 2.12 bits per heavy atom. The fraction of sp³-hybridized carbons (Fsp3) is 0.542. The fourth-order valence-corrected chi connectivity index (χ4v) is 4.54. The summed E-state index contributed by atoms with van der Waals surface area (Å²) in [6, 6.07) is 5.26. The van der Waals surface area contributed by atoms with Gasteiger partial charge in [-0.1, -0.05) is 13.8 Å². The molecule has 0 saturated carbocycles. The zero-order valence-electron chi connectivity index (χ0n) is 20.0. The number of nitrogens with one attached hydrogen (secondary N) is 1. The van der Waals surface area contributed by atoms with Crippen molar-refractivity contribution in [2.24, 2.45) is 5.92 Å². The van der Waals surface area contributed by atoms with Crippen LogP contribution >= 0.6 is 11.3 Å². The van der Waals surface area contributed by atoms with Gasteiger partial charge in [0, 0.05) is 63.0 Å². The van der Waals surface area contributed by atoms with Crippen LogP contribution in [-0.2, 0) is 16.1 Å². The number of rotatable bonds is 5. The van der Waals surface area contributed by atoms with Crippen LogP contribution in [0.3, 0.4) is 0 Å². The number of methoxy groups -OCH3 is 1. The van der Waals surface area contributed by atoms with Gasteiger partial charge in [0.05, 0.1) is 18.2 Å². The van der Waals surface area contributed by atoms with Gasteiger partial charge in [-0.25, -0.2) is 4.98 Å². The Morgan fingerprint density at radius 3 is 2.79 bits per heavy atom. The minimum absolute atomic E-state index is 0.0721. The first-order chi connectivity index (χ1) is 15.8. The van der Waals surface area contributed by atoms with E-state index in [1.165, 1.54) is 0 Å². The fourth-order valence-electron chi connectivity index (χ4n) is 3.90. The molecule has 0 spiro atoms. The maximum Gasteiger partial charge on any atom is 0.257 e. The third kappa shape index (κ3) is 6.52. The van der Waals surface area contributed by atoms with E-state index in [0.717, 1.165) is 18.1 Å². The second-order valence-electron chi connectivity index (χ2n) is 8.57. The summed E-state index contributed by atoms with van der Waals surface area (Å²) in [6.45, 7) is 8.42. The molecule has 1 aliphatic rings. The maximum absolute atomic E-state index is 13.3. The van der Waals surface area contributed by atoms with E-state index in [-0.39, 0.29) is 29.9 Å². The average Bonchev–Trinajstić information content (AvgIpc) is 3.32. The Bertz CT molecular complexity index is 937. The molecule has 0 saturated heterocycles. The zero-order chi connectivity index (χ0) is 24.0. The number of fused-ring (bicyclic) bond motifs is 1. The van der Waals surface area contributed by atoms with E-state index in [0.29, 0.717) is 36.6 Å². The molecule has 9 heteroatoms. The second kappa shape index (κ2) is 11.6. The lowest BCUT2D eigenvalue weighted by atomic mass is 10.0. The Balaban J connectivity index is 1.93. The number of likely N-dealkylation sites (N-methyl/N-ethyl adjacent to an activating group) is 1. The van der Waals surface area contributed by atoms with Crippen LogP contribution in [-0.4, -0.2) is 72.6 Å². The highest BCUT2D eigenvalue weighted by Crippen LogP contribution is 2.27. The summed E-state index contributed by atoms with van der Waals surface area (Å²) in [5.41, 5.74) is 1.08. The third-order valence-electron chi connectivity index (χ3n) is 6.00. The Kier molecular flexibility index (Phi) is 8.82. The molecule has 2 heterocycles. The van der Waals surface area contributed by atoms with E-state index in [1.54, 1.807) is 55.5 Å². The molecule has 180 valence electrons. The average molecular weight is 475 g/mol. The molecule has 0 aliphatic carbocycles. The first kappa shape index (κ1) is 25.1. The molecular formula is C24H34N4O4S. The molecule has 1 aromatic heterocycles. The van der Waals surface area contributed by atoms with Crippen LogP contribution in [0.15, 0.2) is 29.8 Å². The number of amides is 2. The minimum atomic E-state index is -0.138. The number of nitrogens with zero attached hydrogens (tertiary/aromatic N) is 3. The lowest BCUT2D eigenvalue weighted by molar-refractivity contribution is -0.115. The molecule has 33 heavy (non-hydrogen) atoms. The van der Waals surface area contributed by atoms with Gasteiger partial charge in [0.1, 0.15) is 17.4 Å². The van der Waals surface area contributed by atoms with Crippen molar-refractivity contribution in [3.8, 4) is 5.75 Å². The summed E-state index contributed by atoms with van der Waals surface area (Å²) < 4.78 is 12.0. The number of hydrogen-bond donors (Lipinski definition) is 1. The van der Waals surface area contributed by atoms with Gasteiger partial charge >= 0.3 is 0 Å². The molecule has 8 nitrogen and oxygen atoms in total. The SMILES string of the molecule is CCC(=O)Nc1ccc2c(c1)OC[C@@H](C)N(Cc1nccs1)C[C@H](C)[C@H](OC)CN(C)C2=O. The molecule has 0 radical (unpaired) electrons. The van der Waals surface area contributed by atoms with Gasteiger partial charge in [-0.2, -0.15) is 0 Å². The maximum atomic E-state index is 13.3. The van der Waals surface area contributed by atoms with Crippen molar-refractivity contribution in [2.45, 2.75) is 45.9 Å². The molecule has 0 bridgehead atoms. The van der Waals surface area contributed by atoms with Crippen LogP contribution in [0.1, 0.15) is 42.6 Å². The number of ether oxygens (including phenoxy) is 2. The lowest BCUT2D eigenvalue weighted by Crippen LogP contribution is -2.46. The highest BCUT2D eigenvalue weighted by molar-refractivity contribution is 7.09. The quantitative estimate of drug-likeness (QED) is 0.714. The predicted octanol–water partition coefficient (Wildman–Crippen LogP) is 3.50. The van der Waals surface area contributed by atoms with Crippen molar-refractivity contribution in [3.05, 3.63) is 40.3 Å². The van der Waals surface area contributed by atoms with E-state index in [1.807, 2.05) is 11.6 Å². The van der Waals surface area contributed by atoms with Gasteiger partial charge in [-0.05, 0) is 25.0 Å². The first-order valence-electron chi connectivity index (χ1n) is 11.3. The number of thiazole rings is 1. The van der Waals surface area contributed by atoms with E-state index < -0.39 is 0 Å². The minimum Gasteiger partial charge on any atom is -0.491 e. The molecule has 1 aliphatic heterocycles. The standard InChI is InChI=1S/C24H34N4O4S/c1-6-22(29)26-18-7-8-19-20(11-18)32-15-17(3)28(14-23-25-9-10-33-23)12-16(2)21(31-5)13-27(4)24(19)30/h7-11,16-17,21H,6,12-15H2,1-5H3,(H,26,29)/t16-,17+,21+/m0/s1. The van der Waals surface area contributed by atoms with Crippen molar-refractivity contribution in [1.82, 2.24) is 14.8 Å². The summed E-state index contributed by atoms with van der Waals surface area (Å²) >= 11 is 1.64. The monoisotopic (exact) mass is 474 g/mol. The summed E-state index contributed by atoms with van der Waals surface area (Å²) in [5.74, 6) is 0.425. The number of hydrogen-bond acceptors (Lipinski definition) is 7. The molecule has 2 aromatic rings. The van der Waals surface area contributed by atoms with Gasteiger partial charge in [-0.3, -0.25) is 14.5 Å². The molecule has 2 amide bonds. The summed E-state index contributed by atoms with van der Waals surface area (Å²) in [7, 11) is 3.47. The van der Waals surface area contributed by atoms with Crippen molar-refractivity contribution < 1.29 is 19.1 Å². The van der Waals surface area contributed by atoms with Crippen molar-refractivity contribution in [3.63, 3.8) is 0 Å².